The molecule has 6 nitrogen and oxygen atoms in total. The van der Waals surface area contributed by atoms with E-state index in [2.05, 4.69) is 13.8 Å². The van der Waals surface area contributed by atoms with Crippen LogP contribution in [0.2, 0.25) is 0 Å². The minimum atomic E-state index is -1.90. The zero-order chi connectivity index (χ0) is 29.5. The molecule has 0 saturated heterocycles. The van der Waals surface area contributed by atoms with Gasteiger partial charge in [0, 0.05) is 0 Å². The molecule has 0 bridgehead atoms. The van der Waals surface area contributed by atoms with Crippen molar-refractivity contribution in [2.24, 2.45) is 0 Å². The molecule has 0 saturated carbocycles. The number of carbonyl (C=O) groups excluding carboxylic acids is 2. The van der Waals surface area contributed by atoms with Crippen LogP contribution in [0, 0.1) is 0 Å². The van der Waals surface area contributed by atoms with Crippen LogP contribution in [0.3, 0.4) is 0 Å². The highest BCUT2D eigenvalue weighted by Crippen LogP contribution is 2.14. The van der Waals surface area contributed by atoms with Crippen molar-refractivity contribution in [3.05, 3.63) is 0 Å². The Labute approximate surface area is 247 Å². The first-order valence-electron chi connectivity index (χ1n) is 17.2. The summed E-state index contributed by atoms with van der Waals surface area (Å²) in [6.07, 6.45) is 28.1. The summed E-state index contributed by atoms with van der Waals surface area (Å²) in [4.78, 5) is 23.9. The molecule has 0 spiro atoms. The Balaban J connectivity index is 3.55. The fourth-order valence-electron chi connectivity index (χ4n) is 5.01. The van der Waals surface area contributed by atoms with Crippen molar-refractivity contribution < 1.29 is 29.3 Å². The van der Waals surface area contributed by atoms with Crippen LogP contribution in [0.4, 0.5) is 0 Å². The second-order valence-corrected chi connectivity index (χ2v) is 11.7. The van der Waals surface area contributed by atoms with E-state index in [4.69, 9.17) is 9.47 Å². The second kappa shape index (κ2) is 30.8. The van der Waals surface area contributed by atoms with Crippen molar-refractivity contribution in [3.63, 3.8) is 0 Å². The molecule has 2 N–H and O–H groups in total. The summed E-state index contributed by atoms with van der Waals surface area (Å²) in [5, 5.41) is 19.9. The van der Waals surface area contributed by atoms with Gasteiger partial charge >= 0.3 is 11.9 Å². The Morgan fingerprint density at radius 2 is 0.600 bits per heavy atom. The highest BCUT2D eigenvalue weighted by molar-refractivity contribution is 5.85. The molecule has 238 valence electrons. The highest BCUT2D eigenvalue weighted by atomic mass is 16.6. The van der Waals surface area contributed by atoms with Gasteiger partial charge in [0.2, 0.25) is 0 Å². The first-order chi connectivity index (χ1) is 19.5. The lowest BCUT2D eigenvalue weighted by atomic mass is 10.0. The zero-order valence-electron chi connectivity index (χ0n) is 26.5. The van der Waals surface area contributed by atoms with Gasteiger partial charge in [0.1, 0.15) is 0 Å². The summed E-state index contributed by atoms with van der Waals surface area (Å²) in [6.45, 7) is 4.87. The number of esters is 2. The molecule has 0 amide bonds. The van der Waals surface area contributed by atoms with Gasteiger partial charge in [-0.2, -0.15) is 0 Å². The zero-order valence-corrected chi connectivity index (χ0v) is 26.5. The highest BCUT2D eigenvalue weighted by Gasteiger charge is 2.32. The lowest BCUT2D eigenvalue weighted by Crippen LogP contribution is -2.41. The molecular formula is C34H66O6. The van der Waals surface area contributed by atoms with Gasteiger partial charge in [0.15, 0.2) is 12.2 Å². The maximum absolute atomic E-state index is 12.0. The molecule has 0 fully saturated rings. The molecule has 2 atom stereocenters. The van der Waals surface area contributed by atoms with Gasteiger partial charge in [0.25, 0.3) is 0 Å². The average Bonchev–Trinajstić information content (AvgIpc) is 2.96. The van der Waals surface area contributed by atoms with Crippen LogP contribution in [0.15, 0.2) is 0 Å². The Morgan fingerprint density at radius 1 is 0.400 bits per heavy atom. The fraction of sp³-hybridized carbons (Fsp3) is 0.941. The third-order valence-corrected chi connectivity index (χ3v) is 7.77. The van der Waals surface area contributed by atoms with Crippen molar-refractivity contribution >= 4 is 11.9 Å². The van der Waals surface area contributed by atoms with Crippen molar-refractivity contribution in [2.45, 2.75) is 193 Å². The van der Waals surface area contributed by atoms with Crippen LogP contribution in [0.1, 0.15) is 181 Å². The maximum Gasteiger partial charge on any atom is 0.338 e. The normalized spacial score (nSPS) is 12.8. The second-order valence-electron chi connectivity index (χ2n) is 11.7. The topological polar surface area (TPSA) is 93.1 Å². The molecule has 0 heterocycles. The molecule has 0 aliphatic carbocycles. The van der Waals surface area contributed by atoms with Crippen LogP contribution < -0.4 is 0 Å². The molecule has 0 radical (unpaired) electrons. The van der Waals surface area contributed by atoms with Crippen LogP contribution >= 0.6 is 0 Å². The first-order valence-corrected chi connectivity index (χ1v) is 17.2. The van der Waals surface area contributed by atoms with Gasteiger partial charge in [-0.1, -0.05) is 168 Å². The number of hydrogen-bond donors (Lipinski definition) is 2. The van der Waals surface area contributed by atoms with E-state index >= 15 is 0 Å². The fourth-order valence-corrected chi connectivity index (χ4v) is 5.01. The Kier molecular flexibility index (Phi) is 29.9. The molecule has 0 aromatic rings. The van der Waals surface area contributed by atoms with Crippen LogP contribution in [0.5, 0.6) is 0 Å². The Morgan fingerprint density at radius 3 is 0.825 bits per heavy atom. The predicted molar refractivity (Wildman–Crippen MR) is 165 cm³/mol. The van der Waals surface area contributed by atoms with Gasteiger partial charge in [0.05, 0.1) is 13.2 Å². The lowest BCUT2D eigenvalue weighted by molar-refractivity contribution is -0.173. The molecule has 0 aliphatic heterocycles. The Hall–Kier alpha value is -1.14. The Bertz CT molecular complexity index is 505. The molecule has 0 aliphatic rings. The summed E-state index contributed by atoms with van der Waals surface area (Å²) in [5.41, 5.74) is 0. The largest absolute Gasteiger partial charge is 0.464 e. The minimum Gasteiger partial charge on any atom is -0.464 e. The summed E-state index contributed by atoms with van der Waals surface area (Å²) in [7, 11) is 0. The predicted octanol–water partition coefficient (Wildman–Crippen LogP) is 8.98. The number of unbranched alkanes of at least 4 members (excludes halogenated alkanes) is 24. The number of hydrogen-bond acceptors (Lipinski definition) is 6. The number of carbonyl (C=O) groups is 2. The van der Waals surface area contributed by atoms with Gasteiger partial charge in [-0.15, -0.1) is 0 Å². The van der Waals surface area contributed by atoms with E-state index < -0.39 is 24.1 Å². The average molecular weight is 571 g/mol. The minimum absolute atomic E-state index is 0.189. The van der Waals surface area contributed by atoms with Crippen molar-refractivity contribution in [1.29, 1.82) is 0 Å². The third-order valence-electron chi connectivity index (χ3n) is 7.77. The van der Waals surface area contributed by atoms with E-state index in [1.807, 2.05) is 0 Å². The van der Waals surface area contributed by atoms with E-state index in [1.165, 1.54) is 128 Å². The van der Waals surface area contributed by atoms with Crippen LogP contribution in [-0.2, 0) is 19.1 Å². The van der Waals surface area contributed by atoms with Crippen molar-refractivity contribution in [1.82, 2.24) is 0 Å². The lowest BCUT2D eigenvalue weighted by Gasteiger charge is -2.16. The number of aliphatic hydroxyl groups excluding tert-OH is 2. The quantitative estimate of drug-likeness (QED) is 0.0638. The molecule has 0 aromatic carbocycles. The standard InChI is InChI=1S/C34H66O6/c1-3-5-7-9-11-13-15-17-19-21-23-25-27-29-39-33(37)31(35)32(36)34(38)40-30-28-26-24-22-20-18-16-14-12-10-8-6-4-2/h31-32,35-36H,3-30H2,1-2H3/t31-,32-/m1/s1. The summed E-state index contributed by atoms with van der Waals surface area (Å²) in [5.74, 6) is -1.94. The molecule has 0 aromatic heterocycles. The molecular weight excluding hydrogens is 504 g/mol. The summed E-state index contributed by atoms with van der Waals surface area (Å²) >= 11 is 0. The smallest absolute Gasteiger partial charge is 0.338 e. The first kappa shape index (κ1) is 38.9. The molecule has 0 rings (SSSR count). The number of rotatable bonds is 31. The summed E-state index contributed by atoms with van der Waals surface area (Å²) < 4.78 is 10.1. The maximum atomic E-state index is 12.0. The number of aliphatic hydroxyl groups is 2. The third kappa shape index (κ3) is 25.8. The van der Waals surface area contributed by atoms with Crippen molar-refractivity contribution in [3.8, 4) is 0 Å². The van der Waals surface area contributed by atoms with Gasteiger partial charge in [-0.05, 0) is 12.8 Å². The van der Waals surface area contributed by atoms with E-state index in [1.54, 1.807) is 0 Å². The van der Waals surface area contributed by atoms with Crippen molar-refractivity contribution in [2.75, 3.05) is 13.2 Å². The molecule has 40 heavy (non-hydrogen) atoms. The molecule has 6 heteroatoms. The SMILES string of the molecule is CCCCCCCCCCCCCCCOC(=O)[C@H](O)[C@@H](O)C(=O)OCCCCCCCCCCCCCCC. The van der Waals surface area contributed by atoms with E-state index in [0.29, 0.717) is 0 Å². The molecule has 0 unspecified atom stereocenters. The van der Waals surface area contributed by atoms with Crippen LogP contribution in [0.25, 0.3) is 0 Å². The van der Waals surface area contributed by atoms with Gasteiger partial charge in [-0.3, -0.25) is 0 Å². The van der Waals surface area contributed by atoms with Gasteiger partial charge in [-0.25, -0.2) is 9.59 Å². The van der Waals surface area contributed by atoms with E-state index in [9.17, 15) is 19.8 Å². The van der Waals surface area contributed by atoms with E-state index in [-0.39, 0.29) is 13.2 Å². The summed E-state index contributed by atoms with van der Waals surface area (Å²) in [6, 6.07) is 0. The van der Waals surface area contributed by atoms with E-state index in [0.717, 1.165) is 38.5 Å². The van der Waals surface area contributed by atoms with Crippen LogP contribution in [-0.4, -0.2) is 47.6 Å². The monoisotopic (exact) mass is 570 g/mol. The number of ether oxygens (including phenoxy) is 2. The van der Waals surface area contributed by atoms with Gasteiger partial charge < -0.3 is 19.7 Å².